The molecule has 0 aliphatic carbocycles. The van der Waals surface area contributed by atoms with Crippen LogP contribution in [0.1, 0.15) is 26.7 Å². The van der Waals surface area contributed by atoms with Gasteiger partial charge in [0.25, 0.3) is 0 Å². The Balaban J connectivity index is 0.00000361. The van der Waals surface area contributed by atoms with Crippen molar-refractivity contribution in [3.63, 3.8) is 0 Å². The number of hydrogen-bond donors (Lipinski definition) is 2. The van der Waals surface area contributed by atoms with Crippen molar-refractivity contribution in [2.24, 2.45) is 5.73 Å². The van der Waals surface area contributed by atoms with Crippen LogP contribution in [-0.2, 0) is 4.79 Å². The lowest BCUT2D eigenvalue weighted by Crippen LogP contribution is -2.45. The number of hydrogen-bond acceptors (Lipinski definition) is 3. The summed E-state index contributed by atoms with van der Waals surface area (Å²) in [5.41, 5.74) is 5.39. The molecule has 0 aliphatic rings. The lowest BCUT2D eigenvalue weighted by molar-refractivity contribution is -0.121. The molecule has 0 saturated heterocycles. The number of carbonyl (C=O) groups is 1. The monoisotopic (exact) mass is 320 g/mol. The molecule has 0 aromatic heterocycles. The zero-order valence-corrected chi connectivity index (χ0v) is 13.4. The maximum Gasteiger partial charge on any atom is 0.220 e. The second-order valence-electron chi connectivity index (χ2n) is 5.15. The van der Waals surface area contributed by atoms with E-state index in [0.29, 0.717) is 36.8 Å². The summed E-state index contributed by atoms with van der Waals surface area (Å²) < 4.78 is 5.50. The Morgan fingerprint density at radius 3 is 2.65 bits per heavy atom. The van der Waals surface area contributed by atoms with Crippen molar-refractivity contribution in [2.45, 2.75) is 32.2 Å². The topological polar surface area (TPSA) is 64.3 Å². The average molecular weight is 321 g/mol. The molecule has 0 bridgehead atoms. The summed E-state index contributed by atoms with van der Waals surface area (Å²) in [7, 11) is 0. The second-order valence-corrected chi connectivity index (χ2v) is 5.55. The fourth-order valence-corrected chi connectivity index (χ4v) is 1.58. The molecule has 0 spiro atoms. The van der Waals surface area contributed by atoms with Gasteiger partial charge in [0.2, 0.25) is 5.91 Å². The smallest absolute Gasteiger partial charge is 0.220 e. The highest BCUT2D eigenvalue weighted by molar-refractivity contribution is 6.32. The Bertz CT molecular complexity index is 420. The summed E-state index contributed by atoms with van der Waals surface area (Å²) in [6.45, 7) is 4.67. The predicted octanol–water partition coefficient (Wildman–Crippen LogP) is 2.77. The lowest BCUT2D eigenvalue weighted by Gasteiger charge is -2.18. The molecule has 1 aromatic carbocycles. The van der Waals surface area contributed by atoms with Crippen molar-refractivity contribution in [3.05, 3.63) is 29.3 Å². The molecule has 3 N–H and O–H groups in total. The summed E-state index contributed by atoms with van der Waals surface area (Å²) >= 11 is 5.95. The van der Waals surface area contributed by atoms with Crippen LogP contribution in [0.5, 0.6) is 5.75 Å². The van der Waals surface area contributed by atoms with E-state index in [1.165, 1.54) is 0 Å². The van der Waals surface area contributed by atoms with Crippen LogP contribution in [0.3, 0.4) is 0 Å². The van der Waals surface area contributed by atoms with Crippen molar-refractivity contribution in [3.8, 4) is 5.75 Å². The average Bonchev–Trinajstić information content (AvgIpc) is 2.33. The van der Waals surface area contributed by atoms with Gasteiger partial charge in [-0.15, -0.1) is 12.4 Å². The van der Waals surface area contributed by atoms with E-state index in [0.717, 1.165) is 0 Å². The minimum Gasteiger partial charge on any atom is -0.492 e. The summed E-state index contributed by atoms with van der Waals surface area (Å²) in [5.74, 6) is 0.633. The van der Waals surface area contributed by atoms with E-state index < -0.39 is 0 Å². The highest BCUT2D eigenvalue weighted by Crippen LogP contribution is 2.23. The van der Waals surface area contributed by atoms with Crippen LogP contribution in [0, 0.1) is 0 Å². The summed E-state index contributed by atoms with van der Waals surface area (Å²) in [4.78, 5) is 11.5. The minimum atomic E-state index is -0.385. The molecule has 0 heterocycles. The van der Waals surface area contributed by atoms with Crippen LogP contribution >= 0.6 is 24.0 Å². The second kappa shape index (κ2) is 9.06. The van der Waals surface area contributed by atoms with Gasteiger partial charge in [-0.05, 0) is 32.4 Å². The number of ether oxygens (including phenoxy) is 1. The molecule has 4 nitrogen and oxygen atoms in total. The minimum absolute atomic E-state index is 0. The van der Waals surface area contributed by atoms with Gasteiger partial charge in [-0.3, -0.25) is 4.79 Å². The molecule has 6 heteroatoms. The van der Waals surface area contributed by atoms with Crippen LogP contribution in [-0.4, -0.2) is 24.6 Å². The molecule has 0 saturated carbocycles. The number of halogens is 2. The maximum absolute atomic E-state index is 11.5. The first kappa shape index (κ1) is 19.0. The molecule has 0 aliphatic heterocycles. The van der Waals surface area contributed by atoms with Gasteiger partial charge in [0, 0.05) is 18.5 Å². The summed E-state index contributed by atoms with van der Waals surface area (Å²) in [6.07, 6.45) is 1.06. The number of carbonyl (C=O) groups excluding carboxylic acids is 1. The molecule has 114 valence electrons. The van der Waals surface area contributed by atoms with Crippen LogP contribution in [0.4, 0.5) is 0 Å². The van der Waals surface area contributed by atoms with E-state index >= 15 is 0 Å². The van der Waals surface area contributed by atoms with Crippen LogP contribution in [0.15, 0.2) is 24.3 Å². The van der Waals surface area contributed by atoms with Crippen molar-refractivity contribution in [1.82, 2.24) is 5.32 Å². The van der Waals surface area contributed by atoms with E-state index in [1.807, 2.05) is 26.0 Å². The van der Waals surface area contributed by atoms with Gasteiger partial charge in [-0.25, -0.2) is 0 Å². The fraction of sp³-hybridized carbons (Fsp3) is 0.500. The van der Waals surface area contributed by atoms with E-state index in [2.05, 4.69) is 5.32 Å². The SMILES string of the molecule is CC(C)(N)CNC(=O)CCCOc1ccccc1Cl.Cl. The molecule has 20 heavy (non-hydrogen) atoms. The Labute approximate surface area is 131 Å². The van der Waals surface area contributed by atoms with Crippen molar-refractivity contribution >= 4 is 29.9 Å². The van der Waals surface area contributed by atoms with Gasteiger partial charge in [-0.2, -0.15) is 0 Å². The lowest BCUT2D eigenvalue weighted by atomic mass is 10.1. The van der Waals surface area contributed by atoms with E-state index in [9.17, 15) is 4.79 Å². The van der Waals surface area contributed by atoms with E-state index in [4.69, 9.17) is 22.1 Å². The molecule has 1 rings (SSSR count). The number of nitrogens with two attached hydrogens (primary N) is 1. The Kier molecular flexibility index (Phi) is 8.62. The molecule has 0 atom stereocenters. The highest BCUT2D eigenvalue weighted by Gasteiger charge is 2.11. The van der Waals surface area contributed by atoms with Gasteiger partial charge in [0.05, 0.1) is 11.6 Å². The molecular formula is C14H22Cl2N2O2. The Morgan fingerprint density at radius 2 is 2.05 bits per heavy atom. The molecule has 1 amide bonds. The summed E-state index contributed by atoms with van der Waals surface area (Å²) in [5, 5.41) is 3.37. The normalized spacial score (nSPS) is 10.6. The number of benzene rings is 1. The fourth-order valence-electron chi connectivity index (χ4n) is 1.39. The first-order valence-corrected chi connectivity index (χ1v) is 6.69. The Hall–Kier alpha value is -0.970. The number of para-hydroxylation sites is 1. The van der Waals surface area contributed by atoms with Crippen molar-refractivity contribution in [1.29, 1.82) is 0 Å². The third-order valence-corrected chi connectivity index (χ3v) is 2.70. The third-order valence-electron chi connectivity index (χ3n) is 2.38. The van der Waals surface area contributed by atoms with Crippen molar-refractivity contribution in [2.75, 3.05) is 13.2 Å². The zero-order valence-electron chi connectivity index (χ0n) is 11.8. The Morgan fingerprint density at radius 1 is 1.40 bits per heavy atom. The van der Waals surface area contributed by atoms with Gasteiger partial charge in [-0.1, -0.05) is 23.7 Å². The molecule has 0 radical (unpaired) electrons. The van der Waals surface area contributed by atoms with Crippen LogP contribution in [0.25, 0.3) is 0 Å². The first-order chi connectivity index (χ1) is 8.88. The van der Waals surface area contributed by atoms with Gasteiger partial charge >= 0.3 is 0 Å². The third kappa shape index (κ3) is 8.25. The standard InChI is InChI=1S/C14H21ClN2O2.ClH/c1-14(2,16)10-17-13(18)8-5-9-19-12-7-4-3-6-11(12)15;/h3-4,6-7H,5,8-10,16H2,1-2H3,(H,17,18);1H. The van der Waals surface area contributed by atoms with Crippen LogP contribution in [0.2, 0.25) is 5.02 Å². The molecular weight excluding hydrogens is 299 g/mol. The molecule has 1 aromatic rings. The van der Waals surface area contributed by atoms with Gasteiger partial charge in [0.1, 0.15) is 5.75 Å². The van der Waals surface area contributed by atoms with Gasteiger partial charge in [0.15, 0.2) is 0 Å². The van der Waals surface area contributed by atoms with Gasteiger partial charge < -0.3 is 15.8 Å². The summed E-state index contributed by atoms with van der Waals surface area (Å²) in [6, 6.07) is 7.28. The highest BCUT2D eigenvalue weighted by atomic mass is 35.5. The molecule has 0 fully saturated rings. The number of amides is 1. The zero-order chi connectivity index (χ0) is 14.3. The van der Waals surface area contributed by atoms with Crippen molar-refractivity contribution < 1.29 is 9.53 Å². The first-order valence-electron chi connectivity index (χ1n) is 6.31. The number of rotatable bonds is 7. The van der Waals surface area contributed by atoms with E-state index in [-0.39, 0.29) is 23.9 Å². The number of nitrogens with one attached hydrogen (secondary N) is 1. The predicted molar refractivity (Wildman–Crippen MR) is 84.7 cm³/mol. The largest absolute Gasteiger partial charge is 0.492 e. The van der Waals surface area contributed by atoms with E-state index in [1.54, 1.807) is 12.1 Å². The molecule has 0 unspecified atom stereocenters. The van der Waals surface area contributed by atoms with Crippen LogP contribution < -0.4 is 15.8 Å². The maximum atomic E-state index is 11.5. The quantitative estimate of drug-likeness (QED) is 0.759.